The molecule has 1 saturated heterocycles. The van der Waals surface area contributed by atoms with E-state index in [0.717, 1.165) is 87.0 Å². The van der Waals surface area contributed by atoms with Crippen LogP contribution in [0.3, 0.4) is 0 Å². The zero-order valence-electron chi connectivity index (χ0n) is 19.9. The Kier molecular flexibility index (Phi) is 6.45. The summed E-state index contributed by atoms with van der Waals surface area (Å²) in [6, 6.07) is 10.8. The number of aromatic nitrogens is 3. The van der Waals surface area contributed by atoms with Crippen molar-refractivity contribution in [2.45, 2.75) is 49.4 Å². The molecule has 3 aromatic rings. The number of likely N-dealkylation sites (N-methyl/N-ethyl adjacent to an activating group) is 1. The average molecular weight is 484 g/mol. The van der Waals surface area contributed by atoms with Gasteiger partial charge in [0.1, 0.15) is 0 Å². The lowest BCUT2D eigenvalue weighted by Gasteiger charge is -2.32. The number of piperazine rings is 1. The molecule has 34 heavy (non-hydrogen) atoms. The van der Waals surface area contributed by atoms with E-state index in [1.54, 1.807) is 10.7 Å². The van der Waals surface area contributed by atoms with E-state index >= 15 is 0 Å². The van der Waals surface area contributed by atoms with E-state index in [1.807, 2.05) is 0 Å². The van der Waals surface area contributed by atoms with Crippen LogP contribution in [0.2, 0.25) is 0 Å². The van der Waals surface area contributed by atoms with Crippen LogP contribution >= 0.6 is 0 Å². The SMILES string of the molecule is CN1CCN(Cc2ccc(-c3cc(C4CCC(O)CC4)n4nc(S(C)(=O)=O)ncc34)cc2)CC1. The number of aliphatic hydroxyl groups excluding tert-OH is 1. The van der Waals surface area contributed by atoms with Crippen LogP contribution in [0.4, 0.5) is 0 Å². The third kappa shape index (κ3) is 4.88. The quantitative estimate of drug-likeness (QED) is 0.596. The van der Waals surface area contributed by atoms with Crippen molar-refractivity contribution in [2.24, 2.45) is 0 Å². The van der Waals surface area contributed by atoms with Gasteiger partial charge in [0.25, 0.3) is 5.16 Å². The number of hydrogen-bond donors (Lipinski definition) is 1. The molecule has 2 aliphatic rings. The predicted molar refractivity (Wildman–Crippen MR) is 132 cm³/mol. The maximum atomic E-state index is 12.1. The fourth-order valence-corrected chi connectivity index (χ4v) is 5.59. The van der Waals surface area contributed by atoms with E-state index in [0.29, 0.717) is 0 Å². The predicted octanol–water partition coefficient (Wildman–Crippen LogP) is 2.57. The van der Waals surface area contributed by atoms with E-state index in [4.69, 9.17) is 0 Å². The summed E-state index contributed by atoms with van der Waals surface area (Å²) < 4.78 is 26.0. The van der Waals surface area contributed by atoms with E-state index in [1.165, 1.54) is 5.56 Å². The van der Waals surface area contributed by atoms with Gasteiger partial charge >= 0.3 is 0 Å². The third-order valence-electron chi connectivity index (χ3n) is 7.24. The second-order valence-electron chi connectivity index (χ2n) is 9.87. The lowest BCUT2D eigenvalue weighted by Crippen LogP contribution is -2.43. The molecular weight excluding hydrogens is 450 g/mol. The summed E-state index contributed by atoms with van der Waals surface area (Å²) in [6.45, 7) is 5.32. The molecule has 0 spiro atoms. The number of nitrogens with zero attached hydrogens (tertiary/aromatic N) is 5. The summed E-state index contributed by atoms with van der Waals surface area (Å²) in [6.07, 6.45) is 5.71. The van der Waals surface area contributed by atoms with Gasteiger partial charge < -0.3 is 10.0 Å². The molecular formula is C25H33N5O3S. The molecule has 182 valence electrons. The van der Waals surface area contributed by atoms with Crippen molar-refractivity contribution in [1.29, 1.82) is 0 Å². The maximum Gasteiger partial charge on any atom is 0.265 e. The Morgan fingerprint density at radius 2 is 1.71 bits per heavy atom. The number of sulfone groups is 1. The first-order valence-electron chi connectivity index (χ1n) is 12.0. The van der Waals surface area contributed by atoms with Gasteiger partial charge in [-0.05, 0) is 49.9 Å². The number of fused-ring (bicyclic) bond motifs is 1. The molecule has 0 amide bonds. The zero-order chi connectivity index (χ0) is 23.9. The summed E-state index contributed by atoms with van der Waals surface area (Å²) in [5.74, 6) is 0.225. The molecule has 0 atom stereocenters. The van der Waals surface area contributed by atoms with Crippen LogP contribution in [-0.2, 0) is 16.4 Å². The summed E-state index contributed by atoms with van der Waals surface area (Å²) in [5.41, 5.74) is 5.16. The van der Waals surface area contributed by atoms with E-state index in [2.05, 4.69) is 57.3 Å². The van der Waals surface area contributed by atoms with Crippen molar-refractivity contribution < 1.29 is 13.5 Å². The Labute approximate surface area is 201 Å². The first-order chi connectivity index (χ1) is 16.3. The smallest absolute Gasteiger partial charge is 0.265 e. The Morgan fingerprint density at radius 3 is 2.35 bits per heavy atom. The largest absolute Gasteiger partial charge is 0.393 e. The van der Waals surface area contributed by atoms with Crippen molar-refractivity contribution in [2.75, 3.05) is 39.5 Å². The average Bonchev–Trinajstić information content (AvgIpc) is 3.20. The van der Waals surface area contributed by atoms with Gasteiger partial charge in [0.15, 0.2) is 0 Å². The Morgan fingerprint density at radius 1 is 1.03 bits per heavy atom. The standard InChI is InChI=1S/C25H33N5O3S/c1-28-11-13-29(14-12-28)17-18-3-5-19(6-4-18)22-15-23(20-7-9-21(31)10-8-20)30-24(22)16-26-25(27-30)34(2,32)33/h3-6,15-16,20-21,31H,7-14,17H2,1-2H3. The van der Waals surface area contributed by atoms with Crippen molar-refractivity contribution in [3.63, 3.8) is 0 Å². The fraction of sp³-hybridized carbons (Fsp3) is 0.520. The van der Waals surface area contributed by atoms with Gasteiger partial charge in [-0.2, -0.15) is 0 Å². The van der Waals surface area contributed by atoms with Gasteiger partial charge in [-0.15, -0.1) is 5.10 Å². The van der Waals surface area contributed by atoms with Gasteiger partial charge in [-0.1, -0.05) is 24.3 Å². The van der Waals surface area contributed by atoms with Crippen molar-refractivity contribution in [1.82, 2.24) is 24.4 Å². The van der Waals surface area contributed by atoms with Crippen LogP contribution in [0.1, 0.15) is 42.9 Å². The van der Waals surface area contributed by atoms with E-state index in [9.17, 15) is 13.5 Å². The van der Waals surface area contributed by atoms with Crippen molar-refractivity contribution >= 4 is 15.4 Å². The summed E-state index contributed by atoms with van der Waals surface area (Å²) in [5, 5.41) is 14.2. The second-order valence-corrected chi connectivity index (χ2v) is 11.8. The molecule has 5 rings (SSSR count). The second kappa shape index (κ2) is 9.37. The fourth-order valence-electron chi connectivity index (χ4n) is 5.12. The van der Waals surface area contributed by atoms with Gasteiger partial charge in [0.2, 0.25) is 9.84 Å². The van der Waals surface area contributed by atoms with Crippen LogP contribution in [0.15, 0.2) is 41.7 Å². The Balaban J connectivity index is 1.48. The summed E-state index contributed by atoms with van der Waals surface area (Å²) >= 11 is 0. The molecule has 0 radical (unpaired) electrons. The lowest BCUT2D eigenvalue weighted by atomic mass is 9.85. The molecule has 2 aromatic heterocycles. The summed E-state index contributed by atoms with van der Waals surface area (Å²) in [7, 11) is -1.35. The summed E-state index contributed by atoms with van der Waals surface area (Å²) in [4.78, 5) is 9.01. The minimum Gasteiger partial charge on any atom is -0.393 e. The molecule has 0 unspecified atom stereocenters. The highest BCUT2D eigenvalue weighted by molar-refractivity contribution is 7.90. The third-order valence-corrected chi connectivity index (χ3v) is 8.09. The number of benzene rings is 1. The molecule has 1 saturated carbocycles. The number of hydrogen-bond acceptors (Lipinski definition) is 7. The van der Waals surface area contributed by atoms with Gasteiger partial charge in [-0.3, -0.25) is 4.90 Å². The lowest BCUT2D eigenvalue weighted by molar-refractivity contribution is 0.121. The number of rotatable bonds is 5. The minimum absolute atomic E-state index is 0.165. The first kappa shape index (κ1) is 23.4. The van der Waals surface area contributed by atoms with Crippen molar-refractivity contribution in [3.05, 3.63) is 47.8 Å². The van der Waals surface area contributed by atoms with Gasteiger partial charge in [-0.25, -0.2) is 17.9 Å². The topological polar surface area (TPSA) is 91.0 Å². The van der Waals surface area contributed by atoms with Crippen LogP contribution < -0.4 is 0 Å². The van der Waals surface area contributed by atoms with Gasteiger partial charge in [0, 0.05) is 56.2 Å². The maximum absolute atomic E-state index is 12.1. The molecule has 9 heteroatoms. The molecule has 3 heterocycles. The van der Waals surface area contributed by atoms with Crippen LogP contribution in [0, 0.1) is 0 Å². The molecule has 1 N–H and O–H groups in total. The first-order valence-corrected chi connectivity index (χ1v) is 13.9. The van der Waals surface area contributed by atoms with Crippen LogP contribution in [-0.4, -0.2) is 83.5 Å². The molecule has 0 bridgehead atoms. The molecule has 8 nitrogen and oxygen atoms in total. The highest BCUT2D eigenvalue weighted by Crippen LogP contribution is 2.37. The molecule has 1 aliphatic carbocycles. The molecule has 1 aliphatic heterocycles. The zero-order valence-corrected chi connectivity index (χ0v) is 20.7. The van der Waals surface area contributed by atoms with Crippen molar-refractivity contribution in [3.8, 4) is 11.1 Å². The molecule has 1 aromatic carbocycles. The van der Waals surface area contributed by atoms with E-state index < -0.39 is 9.84 Å². The van der Waals surface area contributed by atoms with Crippen LogP contribution in [0.25, 0.3) is 16.6 Å². The Hall–Kier alpha value is -2.33. The van der Waals surface area contributed by atoms with Crippen LogP contribution in [0.5, 0.6) is 0 Å². The monoisotopic (exact) mass is 483 g/mol. The number of aliphatic hydroxyl groups is 1. The molecule has 2 fully saturated rings. The van der Waals surface area contributed by atoms with E-state index in [-0.39, 0.29) is 17.2 Å². The van der Waals surface area contributed by atoms with Gasteiger partial charge in [0.05, 0.1) is 17.8 Å². The normalized spacial score (nSPS) is 22.9. The minimum atomic E-state index is -3.52. The Bertz CT molecular complexity index is 1260. The highest BCUT2D eigenvalue weighted by Gasteiger charge is 2.26. The highest BCUT2D eigenvalue weighted by atomic mass is 32.2.